The first-order chi connectivity index (χ1) is 12.8. The Morgan fingerprint density at radius 2 is 1.56 bits per heavy atom. The van der Waals surface area contributed by atoms with Gasteiger partial charge in [-0.15, -0.1) is 0 Å². The SMILES string of the molecule is CC(C)(C)c1ccc(S(=O)(=O)Nc2ccc(N3CCCCCC3)nc2)cc1. The van der Waals surface area contributed by atoms with Crippen LogP contribution in [0, 0.1) is 0 Å². The molecular formula is C21H29N3O2S. The molecule has 1 fully saturated rings. The van der Waals surface area contributed by atoms with E-state index in [-0.39, 0.29) is 10.3 Å². The summed E-state index contributed by atoms with van der Waals surface area (Å²) < 4.78 is 27.9. The van der Waals surface area contributed by atoms with Crippen molar-refractivity contribution in [2.24, 2.45) is 0 Å². The Balaban J connectivity index is 1.72. The molecule has 1 N–H and O–H groups in total. The number of hydrogen-bond donors (Lipinski definition) is 1. The molecule has 2 aromatic rings. The van der Waals surface area contributed by atoms with Crippen LogP contribution in [0.2, 0.25) is 0 Å². The van der Waals surface area contributed by atoms with Crippen LogP contribution in [0.1, 0.15) is 52.0 Å². The molecule has 0 amide bonds. The molecular weight excluding hydrogens is 358 g/mol. The molecule has 0 bridgehead atoms. The summed E-state index contributed by atoms with van der Waals surface area (Å²) in [6.45, 7) is 8.33. The van der Waals surface area contributed by atoms with Crippen LogP contribution in [0.5, 0.6) is 0 Å². The first-order valence-corrected chi connectivity index (χ1v) is 11.1. The lowest BCUT2D eigenvalue weighted by molar-refractivity contribution is 0.587. The van der Waals surface area contributed by atoms with E-state index in [2.05, 4.69) is 35.4 Å². The molecule has 0 saturated carbocycles. The normalized spacial score (nSPS) is 16.0. The van der Waals surface area contributed by atoms with E-state index in [4.69, 9.17) is 0 Å². The van der Waals surface area contributed by atoms with Crippen molar-refractivity contribution in [3.8, 4) is 0 Å². The van der Waals surface area contributed by atoms with Gasteiger partial charge in [0.2, 0.25) is 0 Å². The second kappa shape index (κ2) is 7.89. The molecule has 27 heavy (non-hydrogen) atoms. The quantitative estimate of drug-likeness (QED) is 0.835. The van der Waals surface area contributed by atoms with Crippen molar-refractivity contribution < 1.29 is 8.42 Å². The van der Waals surface area contributed by atoms with Crippen LogP contribution in [0.15, 0.2) is 47.5 Å². The highest BCUT2D eigenvalue weighted by Crippen LogP contribution is 2.25. The molecule has 1 aromatic carbocycles. The molecule has 0 unspecified atom stereocenters. The fourth-order valence-corrected chi connectivity index (χ4v) is 4.32. The lowest BCUT2D eigenvalue weighted by atomic mass is 9.87. The zero-order valence-electron chi connectivity index (χ0n) is 16.4. The van der Waals surface area contributed by atoms with Crippen molar-refractivity contribution >= 4 is 21.5 Å². The number of pyridine rings is 1. The third-order valence-corrected chi connectivity index (χ3v) is 6.36. The van der Waals surface area contributed by atoms with E-state index in [9.17, 15) is 8.42 Å². The number of nitrogens with one attached hydrogen (secondary N) is 1. The monoisotopic (exact) mass is 387 g/mol. The molecule has 5 nitrogen and oxygen atoms in total. The van der Waals surface area contributed by atoms with Gasteiger partial charge in [-0.25, -0.2) is 13.4 Å². The Kier molecular flexibility index (Phi) is 5.75. The zero-order chi connectivity index (χ0) is 19.5. The van der Waals surface area contributed by atoms with Crippen LogP contribution >= 0.6 is 0 Å². The molecule has 3 rings (SSSR count). The first kappa shape index (κ1) is 19.7. The second-order valence-corrected chi connectivity index (χ2v) is 9.87. The van der Waals surface area contributed by atoms with Crippen LogP contribution in [0.25, 0.3) is 0 Å². The summed E-state index contributed by atoms with van der Waals surface area (Å²) in [6, 6.07) is 10.7. The number of aromatic nitrogens is 1. The van der Waals surface area contributed by atoms with E-state index < -0.39 is 10.0 Å². The van der Waals surface area contributed by atoms with Gasteiger partial charge in [0.25, 0.3) is 10.0 Å². The number of benzene rings is 1. The van der Waals surface area contributed by atoms with Crippen LogP contribution in [-0.2, 0) is 15.4 Å². The summed E-state index contributed by atoms with van der Waals surface area (Å²) in [5.41, 5.74) is 1.57. The summed E-state index contributed by atoms with van der Waals surface area (Å²) in [7, 11) is -3.62. The van der Waals surface area contributed by atoms with Crippen LogP contribution < -0.4 is 9.62 Å². The van der Waals surface area contributed by atoms with Gasteiger partial charge in [0, 0.05) is 13.1 Å². The molecule has 0 aliphatic carbocycles. The molecule has 1 aliphatic rings. The molecule has 0 radical (unpaired) electrons. The molecule has 0 atom stereocenters. The van der Waals surface area contributed by atoms with Gasteiger partial charge >= 0.3 is 0 Å². The fraction of sp³-hybridized carbons (Fsp3) is 0.476. The van der Waals surface area contributed by atoms with Gasteiger partial charge in [-0.05, 0) is 48.1 Å². The highest BCUT2D eigenvalue weighted by molar-refractivity contribution is 7.92. The van der Waals surface area contributed by atoms with E-state index in [1.165, 1.54) is 25.7 Å². The lowest BCUT2D eigenvalue weighted by Crippen LogP contribution is -2.24. The predicted molar refractivity (Wildman–Crippen MR) is 111 cm³/mol. The summed E-state index contributed by atoms with van der Waals surface area (Å²) in [5.74, 6) is 0.911. The minimum atomic E-state index is -3.62. The highest BCUT2D eigenvalue weighted by atomic mass is 32.2. The zero-order valence-corrected chi connectivity index (χ0v) is 17.2. The number of anilines is 2. The fourth-order valence-electron chi connectivity index (χ4n) is 3.28. The van der Waals surface area contributed by atoms with E-state index in [1.807, 2.05) is 18.2 Å². The van der Waals surface area contributed by atoms with Gasteiger partial charge in [0.05, 0.1) is 16.8 Å². The van der Waals surface area contributed by atoms with Crippen molar-refractivity contribution in [1.82, 2.24) is 4.98 Å². The summed E-state index contributed by atoms with van der Waals surface area (Å²) in [6.07, 6.45) is 6.49. The molecule has 1 aromatic heterocycles. The Hall–Kier alpha value is -2.08. The van der Waals surface area contributed by atoms with Crippen molar-refractivity contribution in [3.05, 3.63) is 48.2 Å². The number of sulfonamides is 1. The Bertz CT molecular complexity index is 846. The van der Waals surface area contributed by atoms with Crippen LogP contribution in [0.4, 0.5) is 11.5 Å². The molecule has 1 aliphatic heterocycles. The molecule has 6 heteroatoms. The third kappa shape index (κ3) is 5.01. The average Bonchev–Trinajstić information content (AvgIpc) is 2.91. The lowest BCUT2D eigenvalue weighted by Gasteiger charge is -2.21. The second-order valence-electron chi connectivity index (χ2n) is 8.19. The van der Waals surface area contributed by atoms with E-state index in [0.717, 1.165) is 24.5 Å². The van der Waals surface area contributed by atoms with Gasteiger partial charge in [-0.1, -0.05) is 45.7 Å². The van der Waals surface area contributed by atoms with Crippen LogP contribution in [-0.4, -0.2) is 26.5 Å². The van der Waals surface area contributed by atoms with Crippen molar-refractivity contribution in [3.63, 3.8) is 0 Å². The van der Waals surface area contributed by atoms with Gasteiger partial charge < -0.3 is 4.90 Å². The number of hydrogen-bond acceptors (Lipinski definition) is 4. The summed E-state index contributed by atoms with van der Waals surface area (Å²) >= 11 is 0. The largest absolute Gasteiger partial charge is 0.357 e. The van der Waals surface area contributed by atoms with Gasteiger partial charge in [0.15, 0.2) is 0 Å². The van der Waals surface area contributed by atoms with Crippen molar-refractivity contribution in [2.45, 2.75) is 56.8 Å². The maximum atomic E-state index is 12.6. The minimum absolute atomic E-state index is 0.0111. The maximum absolute atomic E-state index is 12.6. The smallest absolute Gasteiger partial charge is 0.261 e. The predicted octanol–water partition coefficient (Wildman–Crippen LogP) is 4.56. The van der Waals surface area contributed by atoms with Crippen molar-refractivity contribution in [2.75, 3.05) is 22.7 Å². The van der Waals surface area contributed by atoms with Crippen molar-refractivity contribution in [1.29, 1.82) is 0 Å². The van der Waals surface area contributed by atoms with Gasteiger partial charge in [-0.2, -0.15) is 0 Å². The minimum Gasteiger partial charge on any atom is -0.357 e. The topological polar surface area (TPSA) is 62.3 Å². The highest BCUT2D eigenvalue weighted by Gasteiger charge is 2.18. The number of rotatable bonds is 4. The standard InChI is InChI=1S/C21H29N3O2S/c1-21(2,3)17-8-11-19(12-9-17)27(25,26)23-18-10-13-20(22-16-18)24-14-6-4-5-7-15-24/h8-13,16,23H,4-7,14-15H2,1-3H3. The van der Waals surface area contributed by atoms with E-state index >= 15 is 0 Å². The molecule has 1 saturated heterocycles. The van der Waals surface area contributed by atoms with Gasteiger partial charge in [0.1, 0.15) is 5.82 Å². The number of nitrogens with zero attached hydrogens (tertiary/aromatic N) is 2. The molecule has 0 spiro atoms. The summed E-state index contributed by atoms with van der Waals surface area (Å²) in [5, 5.41) is 0. The Labute approximate surface area is 162 Å². The maximum Gasteiger partial charge on any atom is 0.261 e. The van der Waals surface area contributed by atoms with Crippen LogP contribution in [0.3, 0.4) is 0 Å². The summed E-state index contributed by atoms with van der Waals surface area (Å²) in [4.78, 5) is 7.00. The first-order valence-electron chi connectivity index (χ1n) is 9.60. The van der Waals surface area contributed by atoms with E-state index in [0.29, 0.717) is 5.69 Å². The Morgan fingerprint density at radius 1 is 0.926 bits per heavy atom. The average molecular weight is 388 g/mol. The van der Waals surface area contributed by atoms with Gasteiger partial charge in [-0.3, -0.25) is 4.72 Å². The van der Waals surface area contributed by atoms with E-state index in [1.54, 1.807) is 24.4 Å². The third-order valence-electron chi connectivity index (χ3n) is 4.96. The Morgan fingerprint density at radius 3 is 2.07 bits per heavy atom. The molecule has 2 heterocycles. The molecule has 146 valence electrons.